The monoisotopic (exact) mass is 306 g/mol. The van der Waals surface area contributed by atoms with Crippen molar-refractivity contribution >= 4 is 29.6 Å². The van der Waals surface area contributed by atoms with Crippen LogP contribution in [0.4, 0.5) is 0 Å². The zero-order valence-electron chi connectivity index (χ0n) is 13.5. The summed E-state index contributed by atoms with van der Waals surface area (Å²) >= 11 is 0. The fourth-order valence-corrected chi connectivity index (χ4v) is 2.30. The van der Waals surface area contributed by atoms with Gasteiger partial charge in [-0.1, -0.05) is 20.4 Å². The molecule has 22 heavy (non-hydrogen) atoms. The Labute approximate surface area is 130 Å². The largest absolute Gasteiger partial charge is 0.318 e. The van der Waals surface area contributed by atoms with Gasteiger partial charge in [-0.05, 0) is 25.8 Å². The molecule has 7 nitrogen and oxygen atoms in total. The molecule has 0 aliphatic carbocycles. The van der Waals surface area contributed by atoms with E-state index in [0.717, 1.165) is 0 Å². The molecule has 0 aromatic carbocycles. The third-order valence-electron chi connectivity index (χ3n) is 3.58. The van der Waals surface area contributed by atoms with E-state index in [2.05, 4.69) is 22.1 Å². The molecule has 120 valence electrons. The van der Waals surface area contributed by atoms with Gasteiger partial charge in [0.05, 0.1) is 0 Å². The van der Waals surface area contributed by atoms with Crippen molar-refractivity contribution in [3.63, 3.8) is 0 Å². The van der Waals surface area contributed by atoms with E-state index >= 15 is 0 Å². The van der Waals surface area contributed by atoms with Crippen LogP contribution in [0.15, 0.2) is 22.4 Å². The summed E-state index contributed by atoms with van der Waals surface area (Å²) < 4.78 is 0. The molecule has 3 amide bonds. The first-order valence-corrected chi connectivity index (χ1v) is 7.30. The van der Waals surface area contributed by atoms with E-state index in [0.29, 0.717) is 12.0 Å². The Kier molecular flexibility index (Phi) is 5.73. The van der Waals surface area contributed by atoms with Crippen LogP contribution in [0.25, 0.3) is 0 Å². The van der Waals surface area contributed by atoms with E-state index in [1.165, 1.54) is 11.1 Å². The van der Waals surface area contributed by atoms with Gasteiger partial charge in [0.2, 0.25) is 5.91 Å². The van der Waals surface area contributed by atoms with Crippen molar-refractivity contribution in [3.05, 3.63) is 12.2 Å². The number of nitrogens with zero attached hydrogens (tertiary/aromatic N) is 3. The van der Waals surface area contributed by atoms with Crippen molar-refractivity contribution in [2.75, 3.05) is 6.54 Å². The molecule has 2 fully saturated rings. The Morgan fingerprint density at radius 2 is 1.95 bits per heavy atom. The van der Waals surface area contributed by atoms with Crippen LogP contribution < -0.4 is 5.32 Å². The fourth-order valence-electron chi connectivity index (χ4n) is 2.30. The molecule has 2 heterocycles. The number of likely N-dealkylation sites (tertiary alicyclic amines) is 1. The zero-order chi connectivity index (χ0) is 16.9. The van der Waals surface area contributed by atoms with E-state index in [9.17, 15) is 14.4 Å². The number of hydrogen-bond donors (Lipinski definition) is 1. The van der Waals surface area contributed by atoms with Crippen LogP contribution in [0.2, 0.25) is 0 Å². The van der Waals surface area contributed by atoms with Gasteiger partial charge in [0, 0.05) is 19.2 Å². The topological polar surface area (TPSA) is 91.2 Å². The standard InChI is InChI=1S/C13H16N4O3.C2H6/c1-4-14-16-10-8(2)7-17(11(10)19)13(3)6-5-9(18)15-12(13)20;1-2/h4H,2,5-7H2,1,3H3,(H,15,18,20);1-2H3/b14-4-,16-10+;. The lowest BCUT2D eigenvalue weighted by Gasteiger charge is -2.39. The molecule has 2 saturated heterocycles. The van der Waals surface area contributed by atoms with Crippen LogP contribution in [-0.4, -0.2) is 46.6 Å². The summed E-state index contributed by atoms with van der Waals surface area (Å²) in [5.74, 6) is -1.16. The minimum Gasteiger partial charge on any atom is -0.318 e. The third kappa shape index (κ3) is 3.13. The predicted octanol–water partition coefficient (Wildman–Crippen LogP) is 1.05. The molecule has 1 atom stereocenters. The van der Waals surface area contributed by atoms with Crippen molar-refractivity contribution in [1.29, 1.82) is 0 Å². The molecule has 0 aromatic heterocycles. The molecule has 0 aromatic rings. The Bertz CT molecular complexity index is 565. The SMILES string of the molecule is C=C1CN(C2(C)CCC(=O)NC2=O)C(=O)/C1=N/N=C\C.CC. The molecule has 1 N–H and O–H groups in total. The lowest BCUT2D eigenvalue weighted by atomic mass is 9.89. The smallest absolute Gasteiger partial charge is 0.275 e. The van der Waals surface area contributed by atoms with Crippen LogP contribution in [0, 0.1) is 0 Å². The van der Waals surface area contributed by atoms with Gasteiger partial charge in [-0.2, -0.15) is 5.10 Å². The van der Waals surface area contributed by atoms with Gasteiger partial charge in [-0.15, -0.1) is 5.10 Å². The van der Waals surface area contributed by atoms with Gasteiger partial charge >= 0.3 is 0 Å². The zero-order valence-corrected chi connectivity index (χ0v) is 13.5. The lowest BCUT2D eigenvalue weighted by molar-refractivity contribution is -0.148. The summed E-state index contributed by atoms with van der Waals surface area (Å²) in [4.78, 5) is 37.0. The third-order valence-corrected chi connectivity index (χ3v) is 3.58. The van der Waals surface area contributed by atoms with Crippen molar-refractivity contribution in [1.82, 2.24) is 10.2 Å². The van der Waals surface area contributed by atoms with Gasteiger partial charge in [-0.3, -0.25) is 19.7 Å². The van der Waals surface area contributed by atoms with Crippen LogP contribution >= 0.6 is 0 Å². The Hall–Kier alpha value is -2.31. The number of imide groups is 1. The fraction of sp³-hybridized carbons (Fsp3) is 0.533. The Balaban J connectivity index is 0.00000116. The first-order valence-electron chi connectivity index (χ1n) is 7.30. The van der Waals surface area contributed by atoms with Crippen LogP contribution in [0.3, 0.4) is 0 Å². The lowest BCUT2D eigenvalue weighted by Crippen LogP contribution is -2.61. The molecule has 0 bridgehead atoms. The van der Waals surface area contributed by atoms with Crippen LogP contribution in [-0.2, 0) is 14.4 Å². The second kappa shape index (κ2) is 7.11. The summed E-state index contributed by atoms with van der Waals surface area (Å²) in [6.07, 6.45) is 1.96. The highest BCUT2D eigenvalue weighted by molar-refractivity contribution is 6.48. The van der Waals surface area contributed by atoms with E-state index < -0.39 is 11.4 Å². The van der Waals surface area contributed by atoms with E-state index in [4.69, 9.17) is 0 Å². The summed E-state index contributed by atoms with van der Waals surface area (Å²) in [5, 5.41) is 9.77. The molecule has 7 heteroatoms. The van der Waals surface area contributed by atoms with Gasteiger partial charge in [0.25, 0.3) is 11.8 Å². The van der Waals surface area contributed by atoms with Gasteiger partial charge in [0.15, 0.2) is 5.71 Å². The normalized spacial score (nSPS) is 27.3. The van der Waals surface area contributed by atoms with E-state index in [1.54, 1.807) is 13.8 Å². The second-order valence-corrected chi connectivity index (χ2v) is 4.97. The van der Waals surface area contributed by atoms with Crippen molar-refractivity contribution < 1.29 is 14.4 Å². The highest BCUT2D eigenvalue weighted by Crippen LogP contribution is 2.30. The molecule has 2 aliphatic rings. The number of carbonyl (C=O) groups is 3. The summed E-state index contributed by atoms with van der Waals surface area (Å²) in [7, 11) is 0. The highest BCUT2D eigenvalue weighted by Gasteiger charge is 2.49. The molecule has 1 unspecified atom stereocenters. The summed E-state index contributed by atoms with van der Waals surface area (Å²) in [5.41, 5.74) is -0.373. The Morgan fingerprint density at radius 1 is 1.32 bits per heavy atom. The Morgan fingerprint density at radius 3 is 2.50 bits per heavy atom. The average Bonchev–Trinajstić information content (AvgIpc) is 2.79. The number of nitrogens with one attached hydrogen (secondary N) is 1. The van der Waals surface area contributed by atoms with Crippen LogP contribution in [0.1, 0.15) is 40.5 Å². The van der Waals surface area contributed by atoms with Gasteiger partial charge in [0.1, 0.15) is 5.54 Å². The summed E-state index contributed by atoms with van der Waals surface area (Å²) in [6.45, 7) is 11.3. The van der Waals surface area contributed by atoms with Crippen LogP contribution in [0.5, 0.6) is 0 Å². The molecule has 0 saturated carbocycles. The first kappa shape index (κ1) is 17.7. The quantitative estimate of drug-likeness (QED) is 0.469. The maximum absolute atomic E-state index is 12.3. The number of amides is 3. The molecular weight excluding hydrogens is 284 g/mol. The molecular formula is C15H22N4O3. The maximum atomic E-state index is 12.3. The van der Waals surface area contributed by atoms with Gasteiger partial charge < -0.3 is 4.90 Å². The molecule has 2 aliphatic heterocycles. The maximum Gasteiger partial charge on any atom is 0.275 e. The second-order valence-electron chi connectivity index (χ2n) is 4.97. The first-order chi connectivity index (χ1) is 10.4. The predicted molar refractivity (Wildman–Crippen MR) is 84.6 cm³/mol. The minimum atomic E-state index is -1.05. The average molecular weight is 306 g/mol. The highest BCUT2D eigenvalue weighted by atomic mass is 16.2. The molecule has 0 radical (unpaired) electrons. The molecule has 2 rings (SSSR count). The van der Waals surface area contributed by atoms with E-state index in [1.807, 2.05) is 13.8 Å². The van der Waals surface area contributed by atoms with Crippen molar-refractivity contribution in [2.24, 2.45) is 10.2 Å². The van der Waals surface area contributed by atoms with Crippen molar-refractivity contribution in [3.8, 4) is 0 Å². The number of carbonyl (C=O) groups excluding carboxylic acids is 3. The number of piperidine rings is 1. The minimum absolute atomic E-state index is 0.161. The van der Waals surface area contributed by atoms with Gasteiger partial charge in [-0.25, -0.2) is 0 Å². The van der Waals surface area contributed by atoms with Crippen molar-refractivity contribution in [2.45, 2.75) is 46.1 Å². The number of rotatable bonds is 2. The molecule has 0 spiro atoms. The number of hydrogen-bond acceptors (Lipinski definition) is 5. The summed E-state index contributed by atoms with van der Waals surface area (Å²) in [6, 6.07) is 0. The van der Waals surface area contributed by atoms with E-state index in [-0.39, 0.29) is 30.5 Å².